The Morgan fingerprint density at radius 2 is 1.86 bits per heavy atom. The van der Waals surface area contributed by atoms with Gasteiger partial charge < -0.3 is 9.47 Å². The summed E-state index contributed by atoms with van der Waals surface area (Å²) >= 11 is 0. The molecule has 8 heteroatoms. The molecule has 118 valence electrons. The number of benzene rings is 1. The van der Waals surface area contributed by atoms with Crippen molar-refractivity contribution < 1.29 is 27.4 Å². The lowest BCUT2D eigenvalue weighted by molar-refractivity contribution is 0.0599. The lowest BCUT2D eigenvalue weighted by Gasteiger charge is -2.11. The highest BCUT2D eigenvalue weighted by molar-refractivity contribution is 5.90. The molecule has 0 spiro atoms. The minimum atomic E-state index is -1.13. The molecule has 0 aliphatic carbocycles. The number of aromatic nitrogens is 2. The van der Waals surface area contributed by atoms with E-state index >= 15 is 0 Å². The molecule has 5 nitrogen and oxygen atoms in total. The van der Waals surface area contributed by atoms with E-state index in [0.29, 0.717) is 12.1 Å². The average molecular weight is 314 g/mol. The fourth-order valence-electron chi connectivity index (χ4n) is 2.02. The van der Waals surface area contributed by atoms with Crippen molar-refractivity contribution in [1.29, 1.82) is 0 Å². The maximum Gasteiger partial charge on any atom is 0.341 e. The first kappa shape index (κ1) is 16.0. The summed E-state index contributed by atoms with van der Waals surface area (Å²) in [7, 11) is 2.62. The van der Waals surface area contributed by atoms with Gasteiger partial charge in [0, 0.05) is 25.7 Å². The zero-order valence-corrected chi connectivity index (χ0v) is 11.9. The van der Waals surface area contributed by atoms with Gasteiger partial charge in [-0.3, -0.25) is 0 Å². The van der Waals surface area contributed by atoms with Gasteiger partial charge in [0.25, 0.3) is 0 Å². The Kier molecular flexibility index (Phi) is 4.81. The Labute approximate surface area is 124 Å². The highest BCUT2D eigenvalue weighted by Crippen LogP contribution is 2.23. The molecule has 0 saturated heterocycles. The van der Waals surface area contributed by atoms with Crippen LogP contribution in [0.15, 0.2) is 18.3 Å². The molecule has 1 heterocycles. The number of rotatable bonds is 5. The van der Waals surface area contributed by atoms with Crippen molar-refractivity contribution in [3.63, 3.8) is 0 Å². The standard InChI is InChI=1S/C14H13F3N2O3/c1-21-4-3-12-9(14(20)22-2)7-18-19(12)13-10(16)5-8(15)6-11(13)17/h5-7H,3-4H2,1-2H3. The molecule has 2 rings (SSSR count). The maximum absolute atomic E-state index is 13.9. The third-order valence-corrected chi connectivity index (χ3v) is 3.01. The van der Waals surface area contributed by atoms with E-state index in [4.69, 9.17) is 4.74 Å². The van der Waals surface area contributed by atoms with Gasteiger partial charge in [0.15, 0.2) is 11.6 Å². The molecule has 0 amide bonds. The molecule has 1 aromatic carbocycles. The quantitative estimate of drug-likeness (QED) is 0.795. The van der Waals surface area contributed by atoms with Crippen LogP contribution in [0.1, 0.15) is 16.1 Å². The summed E-state index contributed by atoms with van der Waals surface area (Å²) in [4.78, 5) is 11.7. The van der Waals surface area contributed by atoms with Crippen molar-refractivity contribution in [3.8, 4) is 5.69 Å². The van der Waals surface area contributed by atoms with Gasteiger partial charge in [-0.15, -0.1) is 0 Å². The Morgan fingerprint density at radius 1 is 1.23 bits per heavy atom. The zero-order valence-electron chi connectivity index (χ0n) is 11.9. The van der Waals surface area contributed by atoms with Gasteiger partial charge in [0.05, 0.1) is 25.6 Å². The van der Waals surface area contributed by atoms with E-state index in [-0.39, 0.29) is 24.3 Å². The van der Waals surface area contributed by atoms with Crippen LogP contribution >= 0.6 is 0 Å². The molecule has 1 aromatic heterocycles. The number of carbonyl (C=O) groups is 1. The molecule has 0 aliphatic heterocycles. The van der Waals surface area contributed by atoms with Gasteiger partial charge in [-0.1, -0.05) is 0 Å². The van der Waals surface area contributed by atoms with Crippen molar-refractivity contribution in [2.45, 2.75) is 6.42 Å². The number of hydrogen-bond acceptors (Lipinski definition) is 4. The summed E-state index contributed by atoms with van der Waals surface area (Å²) in [6.07, 6.45) is 1.30. The third kappa shape index (κ3) is 2.96. The SMILES string of the molecule is COCCc1c(C(=O)OC)cnn1-c1c(F)cc(F)cc1F. The highest BCUT2D eigenvalue weighted by atomic mass is 19.1. The Hall–Kier alpha value is -2.35. The van der Waals surface area contributed by atoms with E-state index in [9.17, 15) is 18.0 Å². The fraction of sp³-hybridized carbons (Fsp3) is 0.286. The van der Waals surface area contributed by atoms with E-state index in [1.807, 2.05) is 0 Å². The van der Waals surface area contributed by atoms with Gasteiger partial charge in [-0.2, -0.15) is 5.10 Å². The highest BCUT2D eigenvalue weighted by Gasteiger charge is 2.23. The molecule has 0 aliphatic rings. The molecular weight excluding hydrogens is 301 g/mol. The van der Waals surface area contributed by atoms with Crippen LogP contribution in [-0.4, -0.2) is 36.6 Å². The van der Waals surface area contributed by atoms with Crippen LogP contribution in [0.25, 0.3) is 5.69 Å². The number of carbonyl (C=O) groups excluding carboxylic acids is 1. The van der Waals surface area contributed by atoms with Crippen molar-refractivity contribution in [2.24, 2.45) is 0 Å². The second-order valence-corrected chi connectivity index (χ2v) is 4.37. The van der Waals surface area contributed by atoms with Crippen LogP contribution in [0.5, 0.6) is 0 Å². The topological polar surface area (TPSA) is 53.4 Å². The van der Waals surface area contributed by atoms with E-state index in [2.05, 4.69) is 9.84 Å². The molecule has 0 saturated carbocycles. The molecule has 0 bridgehead atoms. The predicted molar refractivity (Wildman–Crippen MR) is 70.4 cm³/mol. The summed E-state index contributed by atoms with van der Waals surface area (Å²) in [6.45, 7) is 0.195. The number of halogens is 3. The number of ether oxygens (including phenoxy) is 2. The Balaban J connectivity index is 2.60. The summed E-state index contributed by atoms with van der Waals surface area (Å²) < 4.78 is 51.2. The van der Waals surface area contributed by atoms with Crippen molar-refractivity contribution in [1.82, 2.24) is 9.78 Å². The average Bonchev–Trinajstić information content (AvgIpc) is 2.86. The van der Waals surface area contributed by atoms with Crippen LogP contribution in [-0.2, 0) is 15.9 Å². The molecular formula is C14H13F3N2O3. The first-order chi connectivity index (χ1) is 10.5. The molecule has 0 atom stereocenters. The third-order valence-electron chi connectivity index (χ3n) is 3.01. The number of esters is 1. The number of hydrogen-bond donors (Lipinski definition) is 0. The minimum absolute atomic E-state index is 0.0580. The smallest absolute Gasteiger partial charge is 0.341 e. The molecule has 2 aromatic rings. The molecule has 0 N–H and O–H groups in total. The van der Waals surface area contributed by atoms with E-state index in [1.54, 1.807) is 0 Å². The van der Waals surface area contributed by atoms with Crippen LogP contribution in [0.3, 0.4) is 0 Å². The molecule has 0 unspecified atom stereocenters. The first-order valence-electron chi connectivity index (χ1n) is 6.28. The molecule has 0 fully saturated rings. The molecule has 22 heavy (non-hydrogen) atoms. The van der Waals surface area contributed by atoms with Crippen LogP contribution in [0.4, 0.5) is 13.2 Å². The minimum Gasteiger partial charge on any atom is -0.465 e. The predicted octanol–water partition coefficient (Wildman–Crippen LogP) is 2.27. The van der Waals surface area contributed by atoms with Crippen molar-refractivity contribution in [3.05, 3.63) is 47.0 Å². The summed E-state index contributed by atoms with van der Waals surface area (Å²) in [5, 5.41) is 3.82. The van der Waals surface area contributed by atoms with E-state index in [1.165, 1.54) is 14.2 Å². The number of methoxy groups -OCH3 is 2. The van der Waals surface area contributed by atoms with Gasteiger partial charge in [-0.25, -0.2) is 22.6 Å². The largest absolute Gasteiger partial charge is 0.465 e. The van der Waals surface area contributed by atoms with Gasteiger partial charge in [0.2, 0.25) is 0 Å². The van der Waals surface area contributed by atoms with Crippen LogP contribution in [0, 0.1) is 17.5 Å². The Bertz CT molecular complexity index is 678. The van der Waals surface area contributed by atoms with Crippen LogP contribution < -0.4 is 0 Å². The Morgan fingerprint density at radius 3 is 2.41 bits per heavy atom. The monoisotopic (exact) mass is 314 g/mol. The number of nitrogens with zero attached hydrogens (tertiary/aromatic N) is 2. The lowest BCUT2D eigenvalue weighted by Crippen LogP contribution is -2.13. The second-order valence-electron chi connectivity index (χ2n) is 4.37. The van der Waals surface area contributed by atoms with Crippen LogP contribution in [0.2, 0.25) is 0 Å². The lowest BCUT2D eigenvalue weighted by atomic mass is 10.2. The van der Waals surface area contributed by atoms with E-state index in [0.717, 1.165) is 10.9 Å². The second kappa shape index (κ2) is 6.61. The summed E-state index contributed by atoms with van der Waals surface area (Å²) in [5.74, 6) is -4.00. The molecule has 0 radical (unpaired) electrons. The van der Waals surface area contributed by atoms with Crippen molar-refractivity contribution >= 4 is 5.97 Å². The summed E-state index contributed by atoms with van der Waals surface area (Å²) in [6, 6.07) is 1.08. The van der Waals surface area contributed by atoms with Gasteiger partial charge >= 0.3 is 5.97 Å². The zero-order chi connectivity index (χ0) is 16.3. The fourth-order valence-corrected chi connectivity index (χ4v) is 2.02. The van der Waals surface area contributed by atoms with Crippen molar-refractivity contribution in [2.75, 3.05) is 20.8 Å². The van der Waals surface area contributed by atoms with Gasteiger partial charge in [-0.05, 0) is 0 Å². The van der Waals surface area contributed by atoms with E-state index < -0.39 is 29.1 Å². The first-order valence-corrected chi connectivity index (χ1v) is 6.28. The summed E-state index contributed by atoms with van der Waals surface area (Å²) in [5.41, 5.74) is -0.302. The van der Waals surface area contributed by atoms with Gasteiger partial charge in [0.1, 0.15) is 17.1 Å². The normalized spacial score (nSPS) is 10.8. The maximum atomic E-state index is 13.9.